The lowest BCUT2D eigenvalue weighted by molar-refractivity contribution is 0.244. The van der Waals surface area contributed by atoms with Gasteiger partial charge in [0.25, 0.3) is 5.89 Å². The van der Waals surface area contributed by atoms with Crippen molar-refractivity contribution in [3.05, 3.63) is 102 Å². The lowest BCUT2D eigenvalue weighted by Crippen LogP contribution is -2.46. The zero-order valence-electron chi connectivity index (χ0n) is 18.2. The van der Waals surface area contributed by atoms with E-state index in [1.54, 1.807) is 16.7 Å². The molecule has 2 amide bonds. The quantitative estimate of drug-likeness (QED) is 0.366. The van der Waals surface area contributed by atoms with E-state index in [0.29, 0.717) is 11.7 Å². The monoisotopic (exact) mass is 454 g/mol. The Morgan fingerprint density at radius 3 is 2.27 bits per heavy atom. The highest BCUT2D eigenvalue weighted by molar-refractivity contribution is 7.98. The zero-order chi connectivity index (χ0) is 22.8. The molecule has 4 aromatic rings. The molecule has 1 atom stereocenters. The van der Waals surface area contributed by atoms with Crippen LogP contribution >= 0.6 is 11.8 Å². The summed E-state index contributed by atoms with van der Waals surface area (Å²) in [6.07, 6.45) is 2.04. The summed E-state index contributed by atoms with van der Waals surface area (Å²) in [5.41, 5.74) is 4.09. The van der Waals surface area contributed by atoms with Crippen LogP contribution < -0.4 is 10.2 Å². The molecular formula is C26H22N4O2S. The number of amides is 2. The van der Waals surface area contributed by atoms with Crippen LogP contribution in [0, 0.1) is 0 Å². The number of hydrogen-bond acceptors (Lipinski definition) is 5. The van der Waals surface area contributed by atoms with Crippen LogP contribution in [0.25, 0.3) is 17.0 Å². The van der Waals surface area contributed by atoms with Gasteiger partial charge in [-0.05, 0) is 55.1 Å². The number of nitrogens with one attached hydrogen (secondary N) is 1. The summed E-state index contributed by atoms with van der Waals surface area (Å²) in [6, 6.07) is 26.7. The van der Waals surface area contributed by atoms with E-state index < -0.39 is 6.04 Å². The molecule has 1 unspecified atom stereocenters. The van der Waals surface area contributed by atoms with Gasteiger partial charge in [0, 0.05) is 16.2 Å². The number of urea groups is 1. The van der Waals surface area contributed by atoms with Gasteiger partial charge in [-0.25, -0.2) is 4.79 Å². The first kappa shape index (κ1) is 21.0. The highest BCUT2D eigenvalue weighted by atomic mass is 32.2. The van der Waals surface area contributed by atoms with Crippen LogP contribution in [0.1, 0.15) is 24.4 Å². The molecule has 0 aliphatic carbocycles. The summed E-state index contributed by atoms with van der Waals surface area (Å²) in [4.78, 5) is 20.7. The Labute approximate surface area is 196 Å². The first-order valence-electron chi connectivity index (χ1n) is 10.6. The summed E-state index contributed by atoms with van der Waals surface area (Å²) >= 11 is 1.68. The summed E-state index contributed by atoms with van der Waals surface area (Å²) in [7, 11) is 0. The molecule has 0 radical (unpaired) electrons. The second kappa shape index (κ2) is 8.96. The number of aromatic nitrogens is 2. The number of carbonyl (C=O) groups excluding carboxylic acids is 1. The molecule has 5 rings (SSSR count). The molecule has 7 heteroatoms. The molecule has 0 saturated carbocycles. The van der Waals surface area contributed by atoms with Crippen LogP contribution in [0.2, 0.25) is 0 Å². The maximum absolute atomic E-state index is 13.2. The molecule has 1 aromatic heterocycles. The summed E-state index contributed by atoms with van der Waals surface area (Å²) < 4.78 is 5.75. The van der Waals surface area contributed by atoms with Gasteiger partial charge in [0.2, 0.25) is 5.82 Å². The molecule has 0 fully saturated rings. The summed E-state index contributed by atoms with van der Waals surface area (Å²) in [5.74, 6) is 0.888. The third kappa shape index (κ3) is 4.03. The minimum Gasteiger partial charge on any atom is -0.334 e. The molecule has 0 saturated heterocycles. The largest absolute Gasteiger partial charge is 0.334 e. The highest BCUT2D eigenvalue weighted by Gasteiger charge is 2.36. The minimum atomic E-state index is -0.411. The van der Waals surface area contributed by atoms with E-state index >= 15 is 0 Å². The zero-order valence-corrected chi connectivity index (χ0v) is 19.0. The molecule has 0 bridgehead atoms. The average molecular weight is 455 g/mol. The summed E-state index contributed by atoms with van der Waals surface area (Å²) in [5, 5.41) is 7.36. The van der Waals surface area contributed by atoms with Crippen molar-refractivity contribution in [1.82, 2.24) is 15.5 Å². The SMILES string of the molecule is CSc1ccc(-c2noc(C3=C(C)N(c4ccccc4)C(=O)NC3c3ccccc3)n2)cc1. The van der Waals surface area contributed by atoms with E-state index in [9.17, 15) is 4.79 Å². The van der Waals surface area contributed by atoms with Gasteiger partial charge in [0.15, 0.2) is 0 Å². The van der Waals surface area contributed by atoms with Gasteiger partial charge in [0.05, 0.1) is 17.3 Å². The Morgan fingerprint density at radius 1 is 0.939 bits per heavy atom. The molecule has 3 aromatic carbocycles. The average Bonchev–Trinajstić information content (AvgIpc) is 3.35. The number of nitrogens with zero attached hydrogens (tertiary/aromatic N) is 3. The van der Waals surface area contributed by atoms with Crippen molar-refractivity contribution in [2.24, 2.45) is 0 Å². The van der Waals surface area contributed by atoms with Crippen molar-refractivity contribution >= 4 is 29.1 Å². The molecule has 164 valence electrons. The highest BCUT2D eigenvalue weighted by Crippen LogP contribution is 2.39. The van der Waals surface area contributed by atoms with E-state index in [1.165, 1.54) is 4.90 Å². The van der Waals surface area contributed by atoms with Crippen LogP contribution in [-0.4, -0.2) is 22.4 Å². The van der Waals surface area contributed by atoms with E-state index in [1.807, 2.05) is 98.1 Å². The number of hydrogen-bond donors (Lipinski definition) is 1. The third-order valence-electron chi connectivity index (χ3n) is 5.64. The van der Waals surface area contributed by atoms with Crippen molar-refractivity contribution in [3.8, 4) is 11.4 Å². The number of allylic oxidation sites excluding steroid dienone is 1. The minimum absolute atomic E-state index is 0.205. The number of anilines is 1. The molecule has 1 N–H and O–H groups in total. The Kier molecular flexibility index (Phi) is 5.71. The van der Waals surface area contributed by atoms with Crippen LogP contribution in [0.4, 0.5) is 10.5 Å². The predicted molar refractivity (Wildman–Crippen MR) is 131 cm³/mol. The molecular weight excluding hydrogens is 432 g/mol. The van der Waals surface area contributed by atoms with Crippen molar-refractivity contribution in [1.29, 1.82) is 0 Å². The van der Waals surface area contributed by atoms with E-state index in [4.69, 9.17) is 9.51 Å². The van der Waals surface area contributed by atoms with E-state index in [-0.39, 0.29) is 6.03 Å². The van der Waals surface area contributed by atoms with Crippen LogP contribution in [0.15, 0.2) is 100 Å². The lowest BCUT2D eigenvalue weighted by atomic mass is 9.94. The maximum atomic E-state index is 13.2. The number of para-hydroxylation sites is 1. The number of thioether (sulfide) groups is 1. The Bertz CT molecular complexity index is 1300. The lowest BCUT2D eigenvalue weighted by Gasteiger charge is -2.35. The van der Waals surface area contributed by atoms with Gasteiger partial charge in [-0.1, -0.05) is 53.7 Å². The first-order chi connectivity index (χ1) is 16.2. The Morgan fingerprint density at radius 2 is 1.61 bits per heavy atom. The second-order valence-corrected chi connectivity index (χ2v) is 8.49. The molecule has 6 nitrogen and oxygen atoms in total. The first-order valence-corrected chi connectivity index (χ1v) is 11.8. The van der Waals surface area contributed by atoms with Crippen molar-refractivity contribution < 1.29 is 9.32 Å². The fourth-order valence-electron chi connectivity index (χ4n) is 3.99. The van der Waals surface area contributed by atoms with Crippen LogP contribution in [0.3, 0.4) is 0 Å². The van der Waals surface area contributed by atoms with Crippen molar-refractivity contribution in [3.63, 3.8) is 0 Å². The molecule has 33 heavy (non-hydrogen) atoms. The van der Waals surface area contributed by atoms with Gasteiger partial charge in [0.1, 0.15) is 0 Å². The van der Waals surface area contributed by atoms with Gasteiger partial charge in [-0.2, -0.15) is 4.98 Å². The van der Waals surface area contributed by atoms with Gasteiger partial charge >= 0.3 is 6.03 Å². The van der Waals surface area contributed by atoms with E-state index in [0.717, 1.165) is 28.1 Å². The fraction of sp³-hybridized carbons (Fsp3) is 0.115. The normalized spacial score (nSPS) is 16.1. The topological polar surface area (TPSA) is 71.3 Å². The van der Waals surface area contributed by atoms with Gasteiger partial charge in [-0.15, -0.1) is 11.8 Å². The number of carbonyl (C=O) groups is 1. The molecule has 2 heterocycles. The number of rotatable bonds is 5. The fourth-order valence-corrected chi connectivity index (χ4v) is 4.40. The van der Waals surface area contributed by atoms with Gasteiger partial charge < -0.3 is 9.84 Å². The van der Waals surface area contributed by atoms with Crippen LogP contribution in [0.5, 0.6) is 0 Å². The van der Waals surface area contributed by atoms with Crippen LogP contribution in [-0.2, 0) is 0 Å². The third-order valence-corrected chi connectivity index (χ3v) is 6.38. The smallest absolute Gasteiger partial charge is 0.326 e. The Hall–Kier alpha value is -3.84. The molecule has 0 spiro atoms. The van der Waals surface area contributed by atoms with E-state index in [2.05, 4.69) is 10.5 Å². The predicted octanol–water partition coefficient (Wildman–Crippen LogP) is 6.16. The Balaban J connectivity index is 1.62. The second-order valence-electron chi connectivity index (χ2n) is 7.61. The molecule has 1 aliphatic heterocycles. The molecule has 1 aliphatic rings. The summed E-state index contributed by atoms with van der Waals surface area (Å²) in [6.45, 7) is 1.91. The maximum Gasteiger partial charge on any atom is 0.326 e. The van der Waals surface area contributed by atoms with Crippen molar-refractivity contribution in [2.45, 2.75) is 17.9 Å². The number of benzene rings is 3. The van der Waals surface area contributed by atoms with Crippen molar-refractivity contribution in [2.75, 3.05) is 11.2 Å². The standard InChI is InChI=1S/C26H22N4O2S/c1-17-22(25-28-24(29-32-25)19-13-15-21(33-2)16-14-19)23(18-9-5-3-6-10-18)27-26(31)30(17)20-11-7-4-8-12-20/h3-16,23H,1-2H3,(H,27,31). The van der Waals surface area contributed by atoms with Gasteiger partial charge in [-0.3, -0.25) is 4.90 Å².